The molecule has 100 valence electrons. The van der Waals surface area contributed by atoms with Crippen LogP contribution in [0.3, 0.4) is 0 Å². The van der Waals surface area contributed by atoms with Crippen LogP contribution in [0, 0.1) is 0 Å². The van der Waals surface area contributed by atoms with E-state index in [1.165, 1.54) is 13.4 Å². The molecule has 1 atom stereocenters. The van der Waals surface area contributed by atoms with Crippen molar-refractivity contribution in [3.63, 3.8) is 0 Å². The Kier molecular flexibility index (Phi) is 3.55. The lowest BCUT2D eigenvalue weighted by Crippen LogP contribution is -2.22. The lowest BCUT2D eigenvalue weighted by molar-refractivity contribution is 0.414. The predicted octanol–water partition coefficient (Wildman–Crippen LogP) is 0.126. The van der Waals surface area contributed by atoms with E-state index in [1.807, 2.05) is 0 Å². The molecule has 1 fully saturated rings. The van der Waals surface area contributed by atoms with Gasteiger partial charge in [0.05, 0.1) is 18.6 Å². The molecular weight excluding hydrogens is 256 g/mol. The van der Waals surface area contributed by atoms with Crippen LogP contribution in [0.1, 0.15) is 6.42 Å². The SMILES string of the molecule is CNc1ncnc(NC2CCS(=O)(=O)C2)c1OC. The molecular formula is C10H16N4O3S. The van der Waals surface area contributed by atoms with Crippen molar-refractivity contribution in [3.8, 4) is 5.75 Å². The predicted molar refractivity (Wildman–Crippen MR) is 68.8 cm³/mol. The summed E-state index contributed by atoms with van der Waals surface area (Å²) in [5.41, 5.74) is 0. The minimum Gasteiger partial charge on any atom is -0.490 e. The average Bonchev–Trinajstić information content (AvgIpc) is 2.68. The summed E-state index contributed by atoms with van der Waals surface area (Å²) >= 11 is 0. The van der Waals surface area contributed by atoms with Crippen LogP contribution < -0.4 is 15.4 Å². The van der Waals surface area contributed by atoms with E-state index < -0.39 is 9.84 Å². The van der Waals surface area contributed by atoms with Crippen molar-refractivity contribution in [1.29, 1.82) is 0 Å². The van der Waals surface area contributed by atoms with Crippen molar-refractivity contribution < 1.29 is 13.2 Å². The van der Waals surface area contributed by atoms with Crippen LogP contribution >= 0.6 is 0 Å². The summed E-state index contributed by atoms with van der Waals surface area (Å²) in [6.45, 7) is 0. The molecule has 0 saturated carbocycles. The van der Waals surface area contributed by atoms with E-state index in [0.29, 0.717) is 23.8 Å². The van der Waals surface area contributed by atoms with Crippen LogP contribution in [0.4, 0.5) is 11.6 Å². The molecule has 1 aliphatic heterocycles. The number of nitrogens with one attached hydrogen (secondary N) is 2. The van der Waals surface area contributed by atoms with Crippen molar-refractivity contribution in [2.24, 2.45) is 0 Å². The fourth-order valence-corrected chi connectivity index (χ4v) is 3.62. The van der Waals surface area contributed by atoms with E-state index in [-0.39, 0.29) is 17.5 Å². The van der Waals surface area contributed by atoms with Gasteiger partial charge in [-0.2, -0.15) is 0 Å². The lowest BCUT2D eigenvalue weighted by atomic mass is 10.2. The second-order valence-corrected chi connectivity index (χ2v) is 6.33. The van der Waals surface area contributed by atoms with Gasteiger partial charge in [0.1, 0.15) is 6.33 Å². The monoisotopic (exact) mass is 272 g/mol. The molecule has 2 heterocycles. The van der Waals surface area contributed by atoms with Crippen molar-refractivity contribution in [2.45, 2.75) is 12.5 Å². The first-order chi connectivity index (χ1) is 8.55. The highest BCUT2D eigenvalue weighted by atomic mass is 32.2. The van der Waals surface area contributed by atoms with E-state index in [4.69, 9.17) is 4.74 Å². The number of hydrogen-bond acceptors (Lipinski definition) is 7. The second-order valence-electron chi connectivity index (χ2n) is 4.10. The van der Waals surface area contributed by atoms with Gasteiger partial charge in [-0.05, 0) is 6.42 Å². The smallest absolute Gasteiger partial charge is 0.204 e. The van der Waals surface area contributed by atoms with Gasteiger partial charge >= 0.3 is 0 Å². The van der Waals surface area contributed by atoms with Crippen molar-refractivity contribution in [2.75, 3.05) is 36.3 Å². The number of nitrogens with zero attached hydrogens (tertiary/aromatic N) is 2. The molecule has 0 spiro atoms. The highest BCUT2D eigenvalue weighted by molar-refractivity contribution is 7.91. The molecule has 1 aromatic heterocycles. The van der Waals surface area contributed by atoms with Crippen LogP contribution in [0.15, 0.2) is 6.33 Å². The maximum Gasteiger partial charge on any atom is 0.204 e. The van der Waals surface area contributed by atoms with Crippen LogP contribution in [-0.2, 0) is 9.84 Å². The van der Waals surface area contributed by atoms with Gasteiger partial charge in [-0.3, -0.25) is 0 Å². The fraction of sp³-hybridized carbons (Fsp3) is 0.600. The Morgan fingerprint density at radius 1 is 1.39 bits per heavy atom. The molecule has 2 rings (SSSR count). The van der Waals surface area contributed by atoms with Crippen LogP contribution in [0.25, 0.3) is 0 Å². The van der Waals surface area contributed by atoms with Crippen LogP contribution in [-0.4, -0.2) is 50.1 Å². The molecule has 1 aromatic rings. The second kappa shape index (κ2) is 4.97. The van der Waals surface area contributed by atoms with Crippen LogP contribution in [0.5, 0.6) is 5.75 Å². The highest BCUT2D eigenvalue weighted by Crippen LogP contribution is 2.30. The zero-order valence-corrected chi connectivity index (χ0v) is 11.1. The zero-order valence-electron chi connectivity index (χ0n) is 10.3. The van der Waals surface area contributed by atoms with Gasteiger partial charge < -0.3 is 15.4 Å². The van der Waals surface area contributed by atoms with Gasteiger partial charge in [0.2, 0.25) is 5.75 Å². The zero-order chi connectivity index (χ0) is 13.2. The molecule has 1 saturated heterocycles. The largest absolute Gasteiger partial charge is 0.490 e. The van der Waals surface area contributed by atoms with Gasteiger partial charge in [0.15, 0.2) is 21.5 Å². The minimum atomic E-state index is -2.91. The summed E-state index contributed by atoms with van der Waals surface area (Å²) in [6, 6.07) is -0.122. The number of anilines is 2. The summed E-state index contributed by atoms with van der Waals surface area (Å²) in [4.78, 5) is 8.11. The first-order valence-electron chi connectivity index (χ1n) is 5.59. The average molecular weight is 272 g/mol. The highest BCUT2D eigenvalue weighted by Gasteiger charge is 2.29. The number of rotatable bonds is 4. The molecule has 2 N–H and O–H groups in total. The summed E-state index contributed by atoms with van der Waals surface area (Å²) in [6.07, 6.45) is 1.99. The van der Waals surface area contributed by atoms with Gasteiger partial charge in [0, 0.05) is 13.1 Å². The Morgan fingerprint density at radius 2 is 2.11 bits per heavy atom. The Labute approximate surface area is 106 Å². The summed E-state index contributed by atoms with van der Waals surface area (Å²) in [5, 5.41) is 5.99. The van der Waals surface area contributed by atoms with Crippen molar-refractivity contribution >= 4 is 21.5 Å². The third-order valence-electron chi connectivity index (χ3n) is 2.82. The summed E-state index contributed by atoms with van der Waals surface area (Å²) in [7, 11) is 0.342. The Hall–Kier alpha value is -1.57. The first kappa shape index (κ1) is 12.9. The van der Waals surface area contributed by atoms with E-state index >= 15 is 0 Å². The molecule has 1 unspecified atom stereocenters. The van der Waals surface area contributed by atoms with E-state index in [9.17, 15) is 8.42 Å². The number of methoxy groups -OCH3 is 1. The van der Waals surface area contributed by atoms with E-state index in [2.05, 4.69) is 20.6 Å². The van der Waals surface area contributed by atoms with Gasteiger partial charge in [0.25, 0.3) is 0 Å². The summed E-state index contributed by atoms with van der Waals surface area (Å²) in [5.74, 6) is 1.92. The standard InChI is InChI=1S/C10H16N4O3S/c1-11-9-8(17-2)10(13-6-12-9)14-7-3-4-18(15,16)5-7/h6-7H,3-5H2,1-2H3,(H2,11,12,13,14). The molecule has 0 aliphatic carbocycles. The first-order valence-corrected chi connectivity index (χ1v) is 7.41. The van der Waals surface area contributed by atoms with Crippen LogP contribution in [0.2, 0.25) is 0 Å². The Morgan fingerprint density at radius 3 is 2.67 bits per heavy atom. The lowest BCUT2D eigenvalue weighted by Gasteiger charge is -2.15. The third-order valence-corrected chi connectivity index (χ3v) is 4.59. The van der Waals surface area contributed by atoms with Gasteiger partial charge in [-0.15, -0.1) is 0 Å². The summed E-state index contributed by atoms with van der Waals surface area (Å²) < 4.78 is 28.0. The normalized spacial score (nSPS) is 21.6. The fourth-order valence-electron chi connectivity index (χ4n) is 1.95. The Bertz CT molecular complexity index is 532. The van der Waals surface area contributed by atoms with Crippen molar-refractivity contribution in [1.82, 2.24) is 9.97 Å². The molecule has 1 aliphatic rings. The quantitative estimate of drug-likeness (QED) is 0.804. The maximum absolute atomic E-state index is 11.4. The molecule has 0 bridgehead atoms. The number of ether oxygens (including phenoxy) is 1. The molecule has 8 heteroatoms. The molecule has 7 nitrogen and oxygen atoms in total. The molecule has 0 radical (unpaired) electrons. The minimum absolute atomic E-state index is 0.122. The number of aromatic nitrogens is 2. The van der Waals surface area contributed by atoms with E-state index in [0.717, 1.165) is 0 Å². The van der Waals surface area contributed by atoms with Gasteiger partial charge in [-0.25, -0.2) is 18.4 Å². The molecule has 0 amide bonds. The van der Waals surface area contributed by atoms with Gasteiger partial charge in [-0.1, -0.05) is 0 Å². The molecule has 0 aromatic carbocycles. The number of sulfone groups is 1. The molecule has 18 heavy (non-hydrogen) atoms. The Balaban J connectivity index is 2.19. The van der Waals surface area contributed by atoms with E-state index in [1.54, 1.807) is 7.05 Å². The third kappa shape index (κ3) is 2.63. The van der Waals surface area contributed by atoms with Crippen molar-refractivity contribution in [3.05, 3.63) is 6.33 Å². The number of hydrogen-bond donors (Lipinski definition) is 2. The topological polar surface area (TPSA) is 93.2 Å². The maximum atomic E-state index is 11.4.